The predicted molar refractivity (Wildman–Crippen MR) is 57.0 cm³/mol. The van der Waals surface area contributed by atoms with Gasteiger partial charge in [-0.15, -0.1) is 0 Å². The van der Waals surface area contributed by atoms with Crippen LogP contribution in [0.25, 0.3) is 0 Å². The SMILES string of the molecule is CCN(CC)CCC1(O)CN(C(=O)O)C1. The molecule has 5 nitrogen and oxygen atoms in total. The molecule has 1 fully saturated rings. The number of amides is 1. The molecule has 1 amide bonds. The van der Waals surface area contributed by atoms with Gasteiger partial charge in [0, 0.05) is 6.54 Å². The van der Waals surface area contributed by atoms with Crippen LogP contribution in [0.15, 0.2) is 0 Å². The molecule has 0 unspecified atom stereocenters. The summed E-state index contributed by atoms with van der Waals surface area (Å²) in [6, 6.07) is 0. The lowest BCUT2D eigenvalue weighted by Crippen LogP contribution is -2.63. The summed E-state index contributed by atoms with van der Waals surface area (Å²) in [5, 5.41) is 18.6. The van der Waals surface area contributed by atoms with E-state index in [1.807, 2.05) is 0 Å². The highest BCUT2D eigenvalue weighted by Gasteiger charge is 2.43. The second kappa shape index (κ2) is 4.81. The van der Waals surface area contributed by atoms with E-state index in [0.29, 0.717) is 6.42 Å². The van der Waals surface area contributed by atoms with Gasteiger partial charge in [-0.2, -0.15) is 0 Å². The summed E-state index contributed by atoms with van der Waals surface area (Å²) >= 11 is 0. The minimum Gasteiger partial charge on any atom is -0.465 e. The van der Waals surface area contributed by atoms with E-state index in [9.17, 15) is 9.90 Å². The number of nitrogens with zero attached hydrogens (tertiary/aromatic N) is 2. The molecule has 1 saturated heterocycles. The van der Waals surface area contributed by atoms with Crippen molar-refractivity contribution >= 4 is 6.09 Å². The molecule has 0 aromatic carbocycles. The number of carboxylic acid groups (broad SMARTS) is 1. The predicted octanol–water partition coefficient (Wildman–Crippen LogP) is 0.443. The van der Waals surface area contributed by atoms with Crippen molar-refractivity contribution in [2.45, 2.75) is 25.9 Å². The van der Waals surface area contributed by atoms with Gasteiger partial charge in [0.2, 0.25) is 0 Å². The average Bonchev–Trinajstić information content (AvgIpc) is 2.15. The van der Waals surface area contributed by atoms with Gasteiger partial charge in [-0.3, -0.25) is 0 Å². The summed E-state index contributed by atoms with van der Waals surface area (Å²) < 4.78 is 0. The molecular weight excluding hydrogens is 196 g/mol. The second-order valence-electron chi connectivity index (χ2n) is 4.14. The third-order valence-electron chi connectivity index (χ3n) is 3.03. The molecule has 0 aromatic rings. The van der Waals surface area contributed by atoms with Gasteiger partial charge < -0.3 is 20.0 Å². The number of carbonyl (C=O) groups is 1. The van der Waals surface area contributed by atoms with Crippen molar-refractivity contribution in [1.29, 1.82) is 0 Å². The zero-order valence-electron chi connectivity index (χ0n) is 9.44. The fraction of sp³-hybridized carbons (Fsp3) is 0.900. The third-order valence-corrected chi connectivity index (χ3v) is 3.03. The minimum atomic E-state index is -0.942. The highest BCUT2D eigenvalue weighted by molar-refractivity contribution is 5.66. The monoisotopic (exact) mass is 216 g/mol. The van der Waals surface area contributed by atoms with Crippen LogP contribution in [-0.4, -0.2) is 64.4 Å². The number of β-amino-alcohol motifs (C(OH)–C–C–N with tert-alkyl or cyclic N) is 1. The molecule has 0 aliphatic carbocycles. The van der Waals surface area contributed by atoms with E-state index in [-0.39, 0.29) is 13.1 Å². The van der Waals surface area contributed by atoms with Crippen LogP contribution >= 0.6 is 0 Å². The Morgan fingerprint density at radius 2 is 1.93 bits per heavy atom. The topological polar surface area (TPSA) is 64.0 Å². The summed E-state index contributed by atoms with van der Waals surface area (Å²) in [4.78, 5) is 14.0. The minimum absolute atomic E-state index is 0.254. The zero-order chi connectivity index (χ0) is 11.5. The Morgan fingerprint density at radius 3 is 2.33 bits per heavy atom. The summed E-state index contributed by atoms with van der Waals surface area (Å²) in [7, 11) is 0. The van der Waals surface area contributed by atoms with E-state index >= 15 is 0 Å². The summed E-state index contributed by atoms with van der Waals surface area (Å²) in [6.07, 6.45) is -0.291. The molecule has 0 saturated carbocycles. The van der Waals surface area contributed by atoms with Crippen LogP contribution in [0.5, 0.6) is 0 Å². The molecule has 0 aromatic heterocycles. The summed E-state index contributed by atoms with van der Waals surface area (Å²) in [6.45, 7) is 7.43. The van der Waals surface area contributed by atoms with E-state index < -0.39 is 11.7 Å². The van der Waals surface area contributed by atoms with Crippen LogP contribution in [0.4, 0.5) is 4.79 Å². The smallest absolute Gasteiger partial charge is 0.407 e. The summed E-state index contributed by atoms with van der Waals surface area (Å²) in [5.41, 5.74) is -0.791. The first kappa shape index (κ1) is 12.3. The van der Waals surface area contributed by atoms with Crippen LogP contribution in [0.1, 0.15) is 20.3 Å². The number of rotatable bonds is 5. The van der Waals surface area contributed by atoms with Gasteiger partial charge in [-0.05, 0) is 19.5 Å². The van der Waals surface area contributed by atoms with Gasteiger partial charge >= 0.3 is 6.09 Å². The Balaban J connectivity index is 2.26. The molecule has 15 heavy (non-hydrogen) atoms. The van der Waals surface area contributed by atoms with E-state index in [4.69, 9.17) is 5.11 Å². The fourth-order valence-corrected chi connectivity index (χ4v) is 1.86. The van der Waals surface area contributed by atoms with Gasteiger partial charge in [0.05, 0.1) is 13.1 Å². The van der Waals surface area contributed by atoms with E-state index in [1.54, 1.807) is 0 Å². The zero-order valence-corrected chi connectivity index (χ0v) is 9.44. The molecule has 0 radical (unpaired) electrons. The standard InChI is InChI=1S/C10H20N2O3/c1-3-11(4-2)6-5-10(15)7-12(8-10)9(13)14/h15H,3-8H2,1-2H3,(H,13,14). The maximum atomic E-state index is 10.5. The molecule has 88 valence electrons. The van der Waals surface area contributed by atoms with E-state index in [1.165, 1.54) is 4.90 Å². The first-order valence-corrected chi connectivity index (χ1v) is 5.43. The third kappa shape index (κ3) is 3.07. The average molecular weight is 216 g/mol. The molecule has 2 N–H and O–H groups in total. The van der Waals surface area contributed by atoms with Gasteiger partial charge in [-0.1, -0.05) is 13.8 Å². The van der Waals surface area contributed by atoms with Crippen molar-refractivity contribution in [3.05, 3.63) is 0 Å². The molecule has 0 atom stereocenters. The van der Waals surface area contributed by atoms with Crippen molar-refractivity contribution in [2.75, 3.05) is 32.7 Å². The van der Waals surface area contributed by atoms with Crippen LogP contribution in [0.3, 0.4) is 0 Å². The number of aliphatic hydroxyl groups is 1. The Hall–Kier alpha value is -0.810. The molecule has 0 spiro atoms. The maximum Gasteiger partial charge on any atom is 0.407 e. The van der Waals surface area contributed by atoms with E-state index in [2.05, 4.69) is 18.7 Å². The second-order valence-corrected chi connectivity index (χ2v) is 4.14. The Morgan fingerprint density at radius 1 is 1.40 bits per heavy atom. The van der Waals surface area contributed by atoms with Gasteiger partial charge in [-0.25, -0.2) is 4.79 Å². The van der Waals surface area contributed by atoms with Gasteiger partial charge in [0.25, 0.3) is 0 Å². The molecule has 5 heteroatoms. The van der Waals surface area contributed by atoms with Crippen molar-refractivity contribution in [3.63, 3.8) is 0 Å². The lowest BCUT2D eigenvalue weighted by atomic mass is 9.91. The summed E-state index contributed by atoms with van der Waals surface area (Å²) in [5.74, 6) is 0. The van der Waals surface area contributed by atoms with Gasteiger partial charge in [0.15, 0.2) is 0 Å². The Bertz CT molecular complexity index is 223. The van der Waals surface area contributed by atoms with Crippen LogP contribution in [0.2, 0.25) is 0 Å². The van der Waals surface area contributed by atoms with Crippen LogP contribution in [0, 0.1) is 0 Å². The van der Waals surface area contributed by atoms with E-state index in [0.717, 1.165) is 19.6 Å². The first-order chi connectivity index (χ1) is 7.00. The molecule has 1 aliphatic rings. The Labute approximate surface area is 90.3 Å². The fourth-order valence-electron chi connectivity index (χ4n) is 1.86. The normalized spacial score (nSPS) is 19.1. The first-order valence-electron chi connectivity index (χ1n) is 5.43. The molecular formula is C10H20N2O3. The van der Waals surface area contributed by atoms with Gasteiger partial charge in [0.1, 0.15) is 5.60 Å². The van der Waals surface area contributed by atoms with Crippen LogP contribution < -0.4 is 0 Å². The Kier molecular flexibility index (Phi) is 3.93. The molecule has 1 heterocycles. The highest BCUT2D eigenvalue weighted by Crippen LogP contribution is 2.24. The number of hydrogen-bond donors (Lipinski definition) is 2. The van der Waals surface area contributed by atoms with Crippen molar-refractivity contribution in [2.24, 2.45) is 0 Å². The number of likely N-dealkylation sites (tertiary alicyclic amines) is 1. The lowest BCUT2D eigenvalue weighted by Gasteiger charge is -2.45. The quantitative estimate of drug-likeness (QED) is 0.700. The molecule has 0 bridgehead atoms. The largest absolute Gasteiger partial charge is 0.465 e. The lowest BCUT2D eigenvalue weighted by molar-refractivity contribution is -0.0925. The van der Waals surface area contributed by atoms with Crippen LogP contribution in [-0.2, 0) is 0 Å². The maximum absolute atomic E-state index is 10.5. The molecule has 1 aliphatic heterocycles. The van der Waals surface area contributed by atoms with Crippen molar-refractivity contribution in [3.8, 4) is 0 Å². The van der Waals surface area contributed by atoms with Crippen molar-refractivity contribution in [1.82, 2.24) is 9.80 Å². The highest BCUT2D eigenvalue weighted by atomic mass is 16.4. The molecule has 1 rings (SSSR count). The number of hydrogen-bond acceptors (Lipinski definition) is 3. The van der Waals surface area contributed by atoms with Crippen molar-refractivity contribution < 1.29 is 15.0 Å².